The Kier molecular flexibility index (Phi) is 6.26. The number of aryl methyl sites for hydroxylation is 1. The Morgan fingerprint density at radius 1 is 1.00 bits per heavy atom. The third kappa shape index (κ3) is 4.51. The van der Waals surface area contributed by atoms with Crippen LogP contribution in [0.4, 0.5) is 0 Å². The second-order valence-corrected chi connectivity index (χ2v) is 7.33. The SMILES string of the molecule is COc1ccccc1Oc1c(CN(Cc2ccco2)C(C)=O)c(-c2ccccc2)nn1C. The third-order valence-electron chi connectivity index (χ3n) is 5.13. The Balaban J connectivity index is 1.77. The van der Waals surface area contributed by atoms with Crippen molar-refractivity contribution in [1.29, 1.82) is 0 Å². The second-order valence-electron chi connectivity index (χ2n) is 7.33. The number of hydrogen-bond acceptors (Lipinski definition) is 5. The highest BCUT2D eigenvalue weighted by Crippen LogP contribution is 2.37. The van der Waals surface area contributed by atoms with Crippen molar-refractivity contribution < 1.29 is 18.7 Å². The molecule has 2 aromatic carbocycles. The molecule has 0 saturated carbocycles. The van der Waals surface area contributed by atoms with Gasteiger partial charge in [0.25, 0.3) is 0 Å². The molecule has 0 radical (unpaired) electrons. The number of nitrogens with zero attached hydrogens (tertiary/aromatic N) is 3. The van der Waals surface area contributed by atoms with Crippen LogP contribution in [0.1, 0.15) is 18.2 Å². The number of benzene rings is 2. The lowest BCUT2D eigenvalue weighted by Crippen LogP contribution is -2.27. The summed E-state index contributed by atoms with van der Waals surface area (Å²) >= 11 is 0. The molecule has 0 fully saturated rings. The van der Waals surface area contributed by atoms with Crippen LogP contribution < -0.4 is 9.47 Å². The molecule has 0 atom stereocenters. The van der Waals surface area contributed by atoms with Crippen molar-refractivity contribution in [2.24, 2.45) is 7.05 Å². The van der Waals surface area contributed by atoms with E-state index >= 15 is 0 Å². The summed E-state index contributed by atoms with van der Waals surface area (Å²) in [6, 6.07) is 20.9. The molecule has 0 saturated heterocycles. The summed E-state index contributed by atoms with van der Waals surface area (Å²) in [6.07, 6.45) is 1.60. The molecule has 0 spiro atoms. The Morgan fingerprint density at radius 2 is 1.72 bits per heavy atom. The largest absolute Gasteiger partial charge is 0.493 e. The van der Waals surface area contributed by atoms with Crippen molar-refractivity contribution in [3.8, 4) is 28.6 Å². The van der Waals surface area contributed by atoms with Gasteiger partial charge >= 0.3 is 0 Å². The third-order valence-corrected chi connectivity index (χ3v) is 5.13. The molecule has 4 aromatic rings. The zero-order valence-electron chi connectivity index (χ0n) is 18.3. The van der Waals surface area contributed by atoms with E-state index in [-0.39, 0.29) is 5.91 Å². The summed E-state index contributed by atoms with van der Waals surface area (Å²) in [4.78, 5) is 14.2. The number of carbonyl (C=O) groups excluding carboxylic acids is 1. The van der Waals surface area contributed by atoms with Crippen LogP contribution in [0, 0.1) is 0 Å². The van der Waals surface area contributed by atoms with Crippen molar-refractivity contribution in [3.05, 3.63) is 84.3 Å². The fourth-order valence-electron chi connectivity index (χ4n) is 3.52. The molecule has 7 heteroatoms. The highest BCUT2D eigenvalue weighted by Gasteiger charge is 2.24. The number of amides is 1. The molecule has 0 aliphatic rings. The number of furan rings is 1. The first-order chi connectivity index (χ1) is 15.6. The number of methoxy groups -OCH3 is 1. The second kappa shape index (κ2) is 9.43. The number of para-hydroxylation sites is 2. The van der Waals surface area contributed by atoms with Gasteiger partial charge in [-0.2, -0.15) is 5.10 Å². The standard InChI is InChI=1S/C25H25N3O4/c1-18(29)28(16-20-12-9-15-31-20)17-21-24(19-10-5-4-6-11-19)26-27(2)25(21)32-23-14-8-7-13-22(23)30-3/h4-15H,16-17H2,1-3H3. The summed E-state index contributed by atoms with van der Waals surface area (Å²) in [6.45, 7) is 2.19. The lowest BCUT2D eigenvalue weighted by Gasteiger charge is -2.21. The van der Waals surface area contributed by atoms with Crippen LogP contribution in [0.3, 0.4) is 0 Å². The van der Waals surface area contributed by atoms with Crippen LogP contribution in [0.15, 0.2) is 77.4 Å². The average molecular weight is 431 g/mol. The van der Waals surface area contributed by atoms with Crippen molar-refractivity contribution in [3.63, 3.8) is 0 Å². The highest BCUT2D eigenvalue weighted by molar-refractivity contribution is 5.74. The number of carbonyl (C=O) groups is 1. The van der Waals surface area contributed by atoms with Crippen LogP contribution >= 0.6 is 0 Å². The number of ether oxygens (including phenoxy) is 2. The summed E-state index contributed by atoms with van der Waals surface area (Å²) < 4.78 is 18.9. The molecule has 4 rings (SSSR count). The minimum atomic E-state index is -0.0764. The quantitative estimate of drug-likeness (QED) is 0.391. The van der Waals surface area contributed by atoms with Crippen molar-refractivity contribution in [2.75, 3.05) is 7.11 Å². The fourth-order valence-corrected chi connectivity index (χ4v) is 3.52. The van der Waals surface area contributed by atoms with Crippen LogP contribution in [0.2, 0.25) is 0 Å². The number of hydrogen-bond donors (Lipinski definition) is 0. The minimum Gasteiger partial charge on any atom is -0.493 e. The van der Waals surface area contributed by atoms with Gasteiger partial charge in [0.1, 0.15) is 11.5 Å². The molecule has 2 heterocycles. The van der Waals surface area contributed by atoms with Gasteiger partial charge in [-0.05, 0) is 24.3 Å². The van der Waals surface area contributed by atoms with E-state index in [2.05, 4.69) is 0 Å². The molecule has 164 valence electrons. The molecule has 0 aliphatic carbocycles. The average Bonchev–Trinajstić information content (AvgIpc) is 3.43. The highest BCUT2D eigenvalue weighted by atomic mass is 16.5. The lowest BCUT2D eigenvalue weighted by molar-refractivity contribution is -0.130. The Morgan fingerprint density at radius 3 is 2.38 bits per heavy atom. The maximum absolute atomic E-state index is 12.5. The van der Waals surface area contributed by atoms with Crippen molar-refractivity contribution in [1.82, 2.24) is 14.7 Å². The lowest BCUT2D eigenvalue weighted by atomic mass is 10.1. The van der Waals surface area contributed by atoms with Crippen LogP contribution in [-0.2, 0) is 24.9 Å². The zero-order chi connectivity index (χ0) is 22.5. The summed E-state index contributed by atoms with van der Waals surface area (Å²) in [5.41, 5.74) is 2.49. The molecule has 32 heavy (non-hydrogen) atoms. The van der Waals surface area contributed by atoms with Crippen LogP contribution in [-0.4, -0.2) is 27.7 Å². The molecule has 1 amide bonds. The van der Waals surface area contributed by atoms with Crippen LogP contribution in [0.5, 0.6) is 17.4 Å². The Labute approximate surface area is 186 Å². The first kappa shape index (κ1) is 21.2. The Hall–Kier alpha value is -4.00. The van der Waals surface area contributed by atoms with Gasteiger partial charge < -0.3 is 18.8 Å². The van der Waals surface area contributed by atoms with Crippen molar-refractivity contribution >= 4 is 5.91 Å². The van der Waals surface area contributed by atoms with E-state index in [0.717, 1.165) is 16.8 Å². The van der Waals surface area contributed by atoms with E-state index in [1.165, 1.54) is 0 Å². The van der Waals surface area contributed by atoms with E-state index in [0.29, 0.717) is 36.2 Å². The number of rotatable bonds is 8. The molecule has 7 nitrogen and oxygen atoms in total. The first-order valence-corrected chi connectivity index (χ1v) is 10.3. The van der Waals surface area contributed by atoms with Gasteiger partial charge in [0.2, 0.25) is 11.8 Å². The molecule has 0 unspecified atom stereocenters. The van der Waals surface area contributed by atoms with Gasteiger partial charge in [-0.25, -0.2) is 4.68 Å². The van der Waals surface area contributed by atoms with E-state index in [4.69, 9.17) is 19.0 Å². The molecular weight excluding hydrogens is 406 g/mol. The van der Waals surface area contributed by atoms with E-state index < -0.39 is 0 Å². The molecule has 2 aromatic heterocycles. The monoisotopic (exact) mass is 431 g/mol. The summed E-state index contributed by atoms with van der Waals surface area (Å²) in [5.74, 6) is 2.35. The van der Waals surface area contributed by atoms with Gasteiger partial charge in [0, 0.05) is 19.5 Å². The molecule has 0 bridgehead atoms. The van der Waals surface area contributed by atoms with Crippen molar-refractivity contribution in [2.45, 2.75) is 20.0 Å². The van der Waals surface area contributed by atoms with Crippen LogP contribution in [0.25, 0.3) is 11.3 Å². The zero-order valence-corrected chi connectivity index (χ0v) is 18.3. The summed E-state index contributed by atoms with van der Waals surface area (Å²) in [7, 11) is 3.42. The maximum Gasteiger partial charge on any atom is 0.223 e. The molecule has 0 N–H and O–H groups in total. The molecule has 0 aliphatic heterocycles. The van der Waals surface area contributed by atoms with Gasteiger partial charge in [-0.1, -0.05) is 42.5 Å². The van der Waals surface area contributed by atoms with E-state index in [9.17, 15) is 4.79 Å². The minimum absolute atomic E-state index is 0.0764. The van der Waals surface area contributed by atoms with E-state index in [1.54, 1.807) is 29.9 Å². The predicted octanol–water partition coefficient (Wildman–Crippen LogP) is 5.03. The van der Waals surface area contributed by atoms with E-state index in [1.807, 2.05) is 73.8 Å². The van der Waals surface area contributed by atoms with Gasteiger partial charge in [0.05, 0.1) is 32.0 Å². The van der Waals surface area contributed by atoms with Gasteiger partial charge in [-0.15, -0.1) is 0 Å². The topological polar surface area (TPSA) is 69.7 Å². The molecular formula is C25H25N3O4. The smallest absolute Gasteiger partial charge is 0.223 e. The Bertz CT molecular complexity index is 1180. The normalized spacial score (nSPS) is 10.7. The maximum atomic E-state index is 12.5. The first-order valence-electron chi connectivity index (χ1n) is 10.3. The fraction of sp³-hybridized carbons (Fsp3) is 0.200. The predicted molar refractivity (Wildman–Crippen MR) is 120 cm³/mol. The van der Waals surface area contributed by atoms with Gasteiger partial charge in [0.15, 0.2) is 11.5 Å². The number of aromatic nitrogens is 2. The van der Waals surface area contributed by atoms with Gasteiger partial charge in [-0.3, -0.25) is 4.79 Å². The summed E-state index contributed by atoms with van der Waals surface area (Å²) in [5, 5.41) is 4.73.